The van der Waals surface area contributed by atoms with Gasteiger partial charge in [-0.05, 0) is 56.4 Å². The largest absolute Gasteiger partial charge is 0.340 e. The second kappa shape index (κ2) is 8.01. The fourth-order valence-corrected chi connectivity index (χ4v) is 4.84. The number of imidazole rings is 1. The molecule has 0 radical (unpaired) electrons. The van der Waals surface area contributed by atoms with Gasteiger partial charge in [0, 0.05) is 27.8 Å². The Morgan fingerprint density at radius 3 is 2.83 bits per heavy atom. The second-order valence-electron chi connectivity index (χ2n) is 7.58. The molecule has 0 bridgehead atoms. The highest BCUT2D eigenvalue weighted by molar-refractivity contribution is 7.11. The maximum atomic E-state index is 4.99. The lowest BCUT2D eigenvalue weighted by Crippen LogP contribution is -2.27. The first kappa shape index (κ1) is 19.0. The van der Waals surface area contributed by atoms with Crippen molar-refractivity contribution in [2.24, 2.45) is 0 Å². The summed E-state index contributed by atoms with van der Waals surface area (Å²) in [5.74, 6) is 1.23. The lowest BCUT2D eigenvalue weighted by molar-refractivity contribution is 0.454. The van der Waals surface area contributed by atoms with E-state index in [0.717, 1.165) is 76.0 Å². The molecule has 0 aliphatic carbocycles. The molecule has 0 saturated carbocycles. The van der Waals surface area contributed by atoms with Gasteiger partial charge in [-0.25, -0.2) is 9.97 Å². The van der Waals surface area contributed by atoms with Crippen LogP contribution in [0.1, 0.15) is 40.7 Å². The Hall–Kier alpha value is -3.03. The number of thiophene rings is 1. The van der Waals surface area contributed by atoms with Gasteiger partial charge < -0.3 is 10.3 Å². The Kier molecular flexibility index (Phi) is 5.06. The van der Waals surface area contributed by atoms with E-state index in [-0.39, 0.29) is 0 Å². The van der Waals surface area contributed by atoms with Crippen LogP contribution in [0.4, 0.5) is 0 Å². The minimum atomic E-state index is 0.494. The van der Waals surface area contributed by atoms with E-state index in [1.165, 1.54) is 0 Å². The number of pyridine rings is 1. The summed E-state index contributed by atoms with van der Waals surface area (Å²) in [6, 6.07) is 8.36. The zero-order valence-corrected chi connectivity index (χ0v) is 17.7. The van der Waals surface area contributed by atoms with Gasteiger partial charge in [0.25, 0.3) is 0 Å². The van der Waals surface area contributed by atoms with Crippen molar-refractivity contribution in [1.29, 1.82) is 0 Å². The van der Waals surface area contributed by atoms with E-state index in [2.05, 4.69) is 50.7 Å². The smallest absolute Gasteiger partial charge is 0.161 e. The van der Waals surface area contributed by atoms with Gasteiger partial charge >= 0.3 is 0 Å². The van der Waals surface area contributed by atoms with E-state index >= 15 is 0 Å². The Bertz CT molecular complexity index is 1210. The minimum absolute atomic E-state index is 0.494. The van der Waals surface area contributed by atoms with Gasteiger partial charge in [-0.3, -0.25) is 5.10 Å². The summed E-state index contributed by atoms with van der Waals surface area (Å²) in [5.41, 5.74) is 6.67. The summed E-state index contributed by atoms with van der Waals surface area (Å²) in [4.78, 5) is 14.5. The van der Waals surface area contributed by atoms with Crippen molar-refractivity contribution in [3.05, 3.63) is 70.3 Å². The number of nitrogens with one attached hydrogen (secondary N) is 3. The molecule has 0 amide bonds. The quantitative estimate of drug-likeness (QED) is 0.408. The van der Waals surface area contributed by atoms with Crippen molar-refractivity contribution in [1.82, 2.24) is 30.5 Å². The highest BCUT2D eigenvalue weighted by Gasteiger charge is 2.21. The number of allylic oxidation sites excluding steroid dienone is 2. The van der Waals surface area contributed by atoms with Crippen LogP contribution in [-0.2, 0) is 0 Å². The number of aromatic nitrogens is 5. The Labute approximate surface area is 179 Å². The summed E-state index contributed by atoms with van der Waals surface area (Å²) < 4.78 is 0. The summed E-state index contributed by atoms with van der Waals surface area (Å²) in [6.07, 6.45) is 6.05. The molecule has 0 aromatic carbocycles. The van der Waals surface area contributed by atoms with Gasteiger partial charge in [0.05, 0.1) is 11.2 Å². The molecular formula is C23H24N6S. The van der Waals surface area contributed by atoms with Crippen LogP contribution in [0.15, 0.2) is 48.4 Å². The van der Waals surface area contributed by atoms with Crippen LogP contribution >= 0.6 is 11.3 Å². The molecule has 6 nitrogen and oxygen atoms in total. The normalized spacial score (nSPS) is 15.7. The Morgan fingerprint density at radius 2 is 2.07 bits per heavy atom. The van der Waals surface area contributed by atoms with E-state index in [1.807, 2.05) is 19.1 Å². The molecular weight excluding hydrogens is 392 g/mol. The standard InChI is InChI=1S/C23H24N6S/c1-3-5-16(19-6-4-13-30-19)20-14(2)25-23(27-20)22-21-18(28-29-22)8-7-17(26-21)15-9-11-24-12-10-15/h3-8,13,15,24H,1,9-12H2,2H3,(H,25,27)(H,28,29)/b16-5-. The van der Waals surface area contributed by atoms with Gasteiger partial charge in [0.2, 0.25) is 0 Å². The summed E-state index contributed by atoms with van der Waals surface area (Å²) >= 11 is 1.69. The number of hydrogen-bond acceptors (Lipinski definition) is 5. The lowest BCUT2D eigenvalue weighted by atomic mass is 9.94. The van der Waals surface area contributed by atoms with Gasteiger partial charge in [-0.1, -0.05) is 24.8 Å². The number of H-pyrrole nitrogens is 2. The molecule has 3 N–H and O–H groups in total. The highest BCUT2D eigenvalue weighted by Crippen LogP contribution is 2.32. The van der Waals surface area contributed by atoms with Crippen molar-refractivity contribution in [2.45, 2.75) is 25.7 Å². The number of piperidine rings is 1. The maximum Gasteiger partial charge on any atom is 0.161 e. The first-order valence-corrected chi connectivity index (χ1v) is 11.1. The first-order chi connectivity index (χ1) is 14.7. The van der Waals surface area contributed by atoms with Crippen LogP contribution in [0, 0.1) is 6.92 Å². The number of rotatable bonds is 5. The van der Waals surface area contributed by atoms with Crippen LogP contribution in [0.5, 0.6) is 0 Å². The predicted molar refractivity (Wildman–Crippen MR) is 123 cm³/mol. The van der Waals surface area contributed by atoms with Crippen molar-refractivity contribution in [3.8, 4) is 11.5 Å². The summed E-state index contributed by atoms with van der Waals surface area (Å²) in [5, 5.41) is 13.2. The van der Waals surface area contributed by atoms with Gasteiger partial charge in [0.1, 0.15) is 5.52 Å². The van der Waals surface area contributed by atoms with E-state index in [0.29, 0.717) is 5.92 Å². The second-order valence-corrected chi connectivity index (χ2v) is 8.53. The molecule has 5 heterocycles. The van der Waals surface area contributed by atoms with Crippen LogP contribution in [0.3, 0.4) is 0 Å². The minimum Gasteiger partial charge on any atom is -0.340 e. The third-order valence-corrected chi connectivity index (χ3v) is 6.53. The molecule has 4 aromatic rings. The molecule has 30 heavy (non-hydrogen) atoms. The SMILES string of the molecule is C=C/C=C(/c1cccs1)c1nc(-c2n[nH]c3ccc(C4CCNCC4)nc23)[nH]c1C. The van der Waals surface area contributed by atoms with Crippen molar-refractivity contribution < 1.29 is 0 Å². The van der Waals surface area contributed by atoms with E-state index in [1.54, 1.807) is 17.4 Å². The predicted octanol–water partition coefficient (Wildman–Crippen LogP) is 4.80. The van der Waals surface area contributed by atoms with Gasteiger partial charge in [-0.2, -0.15) is 5.10 Å². The molecule has 4 aromatic heterocycles. The Balaban J connectivity index is 1.57. The van der Waals surface area contributed by atoms with Gasteiger partial charge in [-0.15, -0.1) is 11.3 Å². The van der Waals surface area contributed by atoms with Crippen LogP contribution in [0.2, 0.25) is 0 Å². The van der Waals surface area contributed by atoms with Crippen molar-refractivity contribution in [3.63, 3.8) is 0 Å². The first-order valence-electron chi connectivity index (χ1n) is 10.2. The summed E-state index contributed by atoms with van der Waals surface area (Å²) in [6.45, 7) is 8.01. The molecule has 152 valence electrons. The number of nitrogens with zero attached hydrogens (tertiary/aromatic N) is 3. The number of fused-ring (bicyclic) bond motifs is 1. The zero-order chi connectivity index (χ0) is 20.5. The third-order valence-electron chi connectivity index (χ3n) is 5.62. The molecule has 1 saturated heterocycles. The topological polar surface area (TPSA) is 82.3 Å². The third kappa shape index (κ3) is 3.40. The van der Waals surface area contributed by atoms with Crippen LogP contribution < -0.4 is 5.32 Å². The van der Waals surface area contributed by atoms with Crippen molar-refractivity contribution >= 4 is 27.9 Å². The van der Waals surface area contributed by atoms with E-state index in [9.17, 15) is 0 Å². The Morgan fingerprint density at radius 1 is 1.20 bits per heavy atom. The average Bonchev–Trinajstić information content (AvgIpc) is 3.52. The molecule has 0 atom stereocenters. The number of hydrogen-bond donors (Lipinski definition) is 3. The lowest BCUT2D eigenvalue weighted by Gasteiger charge is -2.22. The van der Waals surface area contributed by atoms with Gasteiger partial charge in [0.15, 0.2) is 11.5 Å². The monoisotopic (exact) mass is 416 g/mol. The molecule has 7 heteroatoms. The molecule has 5 rings (SSSR count). The number of aromatic amines is 2. The average molecular weight is 417 g/mol. The van der Waals surface area contributed by atoms with E-state index in [4.69, 9.17) is 9.97 Å². The summed E-state index contributed by atoms with van der Waals surface area (Å²) in [7, 11) is 0. The molecule has 1 fully saturated rings. The molecule has 0 spiro atoms. The molecule has 1 aliphatic heterocycles. The zero-order valence-electron chi connectivity index (χ0n) is 16.9. The maximum absolute atomic E-state index is 4.99. The molecule has 0 unspecified atom stereocenters. The van der Waals surface area contributed by atoms with Crippen LogP contribution in [0.25, 0.3) is 28.1 Å². The van der Waals surface area contributed by atoms with Crippen molar-refractivity contribution in [2.75, 3.05) is 13.1 Å². The van der Waals surface area contributed by atoms with Crippen LogP contribution in [-0.4, -0.2) is 38.2 Å². The van der Waals surface area contributed by atoms with E-state index < -0.39 is 0 Å². The fourth-order valence-electron chi connectivity index (χ4n) is 4.09. The fraction of sp³-hybridized carbons (Fsp3) is 0.261. The molecule has 1 aliphatic rings. The highest BCUT2D eigenvalue weighted by atomic mass is 32.1. The number of aryl methyl sites for hydroxylation is 1.